The van der Waals surface area contributed by atoms with Gasteiger partial charge in [0, 0.05) is 44.6 Å². The van der Waals surface area contributed by atoms with Crippen molar-refractivity contribution >= 4 is 11.9 Å². The molecule has 2 aliphatic heterocycles. The van der Waals surface area contributed by atoms with Gasteiger partial charge in [0.1, 0.15) is 17.8 Å². The van der Waals surface area contributed by atoms with Crippen LogP contribution in [0.5, 0.6) is 5.75 Å². The molecule has 28 heavy (non-hydrogen) atoms. The van der Waals surface area contributed by atoms with Crippen molar-refractivity contribution in [1.82, 2.24) is 9.80 Å². The summed E-state index contributed by atoms with van der Waals surface area (Å²) in [5.74, 6) is 0.441. The summed E-state index contributed by atoms with van der Waals surface area (Å²) < 4.78 is 5.95. The van der Waals surface area contributed by atoms with Crippen LogP contribution >= 0.6 is 0 Å². The standard InChI is InChI=1S/C22H30N2O4/c1-15-5-3-8-19(16(15)2)28-10-9-23-11-18-12-24(20(25)17-6-4-7-17)14-22(18,13-23)21(26)27/h3,5,8,17-18H,4,6-7,9-14H2,1-2H3,(H,26,27)/t18-,22-/m0/s1. The molecular weight excluding hydrogens is 356 g/mol. The van der Waals surface area contributed by atoms with Gasteiger partial charge in [-0.2, -0.15) is 0 Å². The van der Waals surface area contributed by atoms with Gasteiger partial charge in [0.15, 0.2) is 0 Å². The van der Waals surface area contributed by atoms with Gasteiger partial charge < -0.3 is 14.7 Å². The van der Waals surface area contributed by atoms with Gasteiger partial charge in [0.05, 0.1) is 0 Å². The Balaban J connectivity index is 1.35. The van der Waals surface area contributed by atoms with Gasteiger partial charge in [-0.05, 0) is 43.9 Å². The molecule has 1 aliphatic carbocycles. The van der Waals surface area contributed by atoms with Crippen LogP contribution in [-0.2, 0) is 9.59 Å². The number of ether oxygens (including phenoxy) is 1. The first kappa shape index (κ1) is 19.2. The van der Waals surface area contributed by atoms with Crippen LogP contribution in [-0.4, -0.2) is 66.1 Å². The lowest BCUT2D eigenvalue weighted by atomic mass is 9.81. The van der Waals surface area contributed by atoms with E-state index in [1.165, 1.54) is 5.56 Å². The molecule has 2 heterocycles. The van der Waals surface area contributed by atoms with E-state index < -0.39 is 11.4 Å². The number of rotatable bonds is 6. The average Bonchev–Trinajstić information content (AvgIpc) is 3.12. The van der Waals surface area contributed by atoms with Crippen molar-refractivity contribution in [2.24, 2.45) is 17.3 Å². The molecule has 3 fully saturated rings. The van der Waals surface area contributed by atoms with Gasteiger partial charge >= 0.3 is 5.97 Å². The van der Waals surface area contributed by atoms with Crippen LogP contribution < -0.4 is 4.74 Å². The van der Waals surface area contributed by atoms with E-state index in [9.17, 15) is 14.7 Å². The van der Waals surface area contributed by atoms with Crippen LogP contribution in [0.3, 0.4) is 0 Å². The first-order chi connectivity index (χ1) is 13.4. The van der Waals surface area contributed by atoms with E-state index in [-0.39, 0.29) is 17.7 Å². The molecule has 0 radical (unpaired) electrons. The maximum atomic E-state index is 12.6. The summed E-state index contributed by atoms with van der Waals surface area (Å²) in [6.45, 7) is 7.52. The Hall–Kier alpha value is -2.08. The Morgan fingerprint density at radius 2 is 2.00 bits per heavy atom. The number of hydrogen-bond donors (Lipinski definition) is 1. The molecule has 3 aliphatic rings. The number of aryl methyl sites for hydroxylation is 1. The van der Waals surface area contributed by atoms with Crippen molar-refractivity contribution < 1.29 is 19.4 Å². The summed E-state index contributed by atoms with van der Waals surface area (Å²) in [6.07, 6.45) is 3.04. The number of likely N-dealkylation sites (tertiary alicyclic amines) is 2. The molecule has 1 N–H and O–H groups in total. The Kier molecular flexibility index (Phi) is 5.08. The zero-order chi connectivity index (χ0) is 19.9. The Morgan fingerprint density at radius 1 is 1.21 bits per heavy atom. The third kappa shape index (κ3) is 3.28. The Labute approximate surface area is 166 Å². The molecule has 0 unspecified atom stereocenters. The average molecular weight is 386 g/mol. The van der Waals surface area contributed by atoms with Crippen LogP contribution in [0.1, 0.15) is 30.4 Å². The molecule has 1 amide bonds. The first-order valence-corrected chi connectivity index (χ1v) is 10.3. The van der Waals surface area contributed by atoms with E-state index in [2.05, 4.69) is 24.8 Å². The molecule has 1 aromatic rings. The predicted molar refractivity (Wildman–Crippen MR) is 105 cm³/mol. The number of benzene rings is 1. The highest BCUT2D eigenvalue weighted by molar-refractivity contribution is 5.83. The van der Waals surface area contributed by atoms with E-state index in [0.29, 0.717) is 32.8 Å². The topological polar surface area (TPSA) is 70.1 Å². The number of carboxylic acid groups (broad SMARTS) is 1. The highest BCUT2D eigenvalue weighted by Crippen LogP contribution is 2.44. The second kappa shape index (κ2) is 7.39. The van der Waals surface area contributed by atoms with Crippen LogP contribution in [0.2, 0.25) is 0 Å². The van der Waals surface area contributed by atoms with Crippen molar-refractivity contribution in [3.63, 3.8) is 0 Å². The summed E-state index contributed by atoms with van der Waals surface area (Å²) in [5, 5.41) is 9.98. The second-order valence-corrected chi connectivity index (χ2v) is 8.79. The molecule has 152 valence electrons. The summed E-state index contributed by atoms with van der Waals surface area (Å²) >= 11 is 0. The smallest absolute Gasteiger partial charge is 0.313 e. The summed E-state index contributed by atoms with van der Waals surface area (Å²) in [6, 6.07) is 6.03. The van der Waals surface area contributed by atoms with E-state index in [1.54, 1.807) is 0 Å². The molecule has 0 aromatic heterocycles. The van der Waals surface area contributed by atoms with E-state index >= 15 is 0 Å². The fourth-order valence-corrected chi connectivity index (χ4v) is 4.89. The van der Waals surface area contributed by atoms with Crippen LogP contribution in [0.15, 0.2) is 18.2 Å². The van der Waals surface area contributed by atoms with Crippen LogP contribution in [0.25, 0.3) is 0 Å². The minimum atomic E-state index is -0.821. The minimum Gasteiger partial charge on any atom is -0.492 e. The lowest BCUT2D eigenvalue weighted by molar-refractivity contribution is -0.149. The number of amides is 1. The van der Waals surface area contributed by atoms with Crippen LogP contribution in [0.4, 0.5) is 0 Å². The monoisotopic (exact) mass is 386 g/mol. The second-order valence-electron chi connectivity index (χ2n) is 8.79. The Morgan fingerprint density at radius 3 is 2.64 bits per heavy atom. The van der Waals surface area contributed by atoms with Crippen molar-refractivity contribution in [2.75, 3.05) is 39.3 Å². The molecule has 2 atom stereocenters. The quantitative estimate of drug-likeness (QED) is 0.813. The third-order valence-corrected chi connectivity index (χ3v) is 7.09. The number of hydrogen-bond acceptors (Lipinski definition) is 4. The molecule has 0 bridgehead atoms. The maximum absolute atomic E-state index is 12.6. The molecule has 0 spiro atoms. The molecule has 4 rings (SSSR count). The van der Waals surface area contributed by atoms with Crippen molar-refractivity contribution in [3.05, 3.63) is 29.3 Å². The zero-order valence-electron chi connectivity index (χ0n) is 16.8. The molecule has 2 saturated heterocycles. The third-order valence-electron chi connectivity index (χ3n) is 7.09. The SMILES string of the molecule is Cc1cccc(OCCN2C[C@H]3CN(C(=O)C4CCC4)C[C@@]3(C(=O)O)C2)c1C. The molecule has 6 heteroatoms. The largest absolute Gasteiger partial charge is 0.492 e. The summed E-state index contributed by atoms with van der Waals surface area (Å²) in [7, 11) is 0. The van der Waals surface area contributed by atoms with E-state index in [4.69, 9.17) is 4.74 Å². The van der Waals surface area contributed by atoms with Gasteiger partial charge in [-0.15, -0.1) is 0 Å². The number of nitrogens with zero attached hydrogens (tertiary/aromatic N) is 2. The zero-order valence-corrected chi connectivity index (χ0v) is 16.8. The number of carboxylic acids is 1. The number of aliphatic carboxylic acids is 1. The summed E-state index contributed by atoms with van der Waals surface area (Å²) in [4.78, 5) is 28.8. The minimum absolute atomic E-state index is 0.00901. The van der Waals surface area contributed by atoms with E-state index in [0.717, 1.165) is 37.1 Å². The van der Waals surface area contributed by atoms with Gasteiger partial charge in [-0.1, -0.05) is 18.6 Å². The van der Waals surface area contributed by atoms with Gasteiger partial charge in [-0.3, -0.25) is 14.5 Å². The summed E-state index contributed by atoms with van der Waals surface area (Å²) in [5.41, 5.74) is 1.53. The molecule has 1 aromatic carbocycles. The van der Waals surface area contributed by atoms with Crippen molar-refractivity contribution in [1.29, 1.82) is 0 Å². The fourth-order valence-electron chi connectivity index (χ4n) is 4.89. The molecular formula is C22H30N2O4. The maximum Gasteiger partial charge on any atom is 0.313 e. The number of fused-ring (bicyclic) bond motifs is 1. The number of carbonyl (C=O) groups excluding carboxylic acids is 1. The van der Waals surface area contributed by atoms with Gasteiger partial charge in [0.2, 0.25) is 5.91 Å². The van der Waals surface area contributed by atoms with Crippen molar-refractivity contribution in [3.8, 4) is 5.75 Å². The highest BCUT2D eigenvalue weighted by Gasteiger charge is 2.58. The first-order valence-electron chi connectivity index (χ1n) is 10.3. The Bertz CT molecular complexity index is 776. The normalized spacial score (nSPS) is 27.5. The van der Waals surface area contributed by atoms with Crippen molar-refractivity contribution in [2.45, 2.75) is 33.1 Å². The lowest BCUT2D eigenvalue weighted by Crippen LogP contribution is -2.44. The fraction of sp³-hybridized carbons (Fsp3) is 0.636. The number of carbonyl (C=O) groups is 2. The van der Waals surface area contributed by atoms with E-state index in [1.807, 2.05) is 17.0 Å². The predicted octanol–water partition coefficient (Wildman–Crippen LogP) is 2.33. The van der Waals surface area contributed by atoms with Gasteiger partial charge in [-0.25, -0.2) is 0 Å². The van der Waals surface area contributed by atoms with Gasteiger partial charge in [0.25, 0.3) is 0 Å². The molecule has 1 saturated carbocycles. The highest BCUT2D eigenvalue weighted by atomic mass is 16.5. The molecule has 6 nitrogen and oxygen atoms in total. The lowest BCUT2D eigenvalue weighted by Gasteiger charge is -2.31. The van der Waals surface area contributed by atoms with Crippen LogP contribution in [0, 0.1) is 31.1 Å².